The highest BCUT2D eigenvalue weighted by Crippen LogP contribution is 2.67. The SMILES string of the molecule is CCCCCCCCCCCCCC(=O)OCC1OC(OC2CCC3(C)C(=CCC4C3CCC3(C)C(C(C)/C=C/C(CC)C(C)C)CCC43)C2)C(O)C(O)C1O. The van der Waals surface area contributed by atoms with Crippen molar-refractivity contribution in [3.05, 3.63) is 23.8 Å². The quantitative estimate of drug-likeness (QED) is 0.0605. The first-order chi connectivity index (χ1) is 26.8. The van der Waals surface area contributed by atoms with Crippen molar-refractivity contribution < 1.29 is 34.3 Å². The van der Waals surface area contributed by atoms with E-state index in [-0.39, 0.29) is 24.1 Å². The molecule has 5 rings (SSSR count). The van der Waals surface area contributed by atoms with Gasteiger partial charge in [0.15, 0.2) is 6.29 Å². The number of unbranched alkanes of at least 4 members (excludes halogenated alkanes) is 10. The molecule has 0 aromatic heterocycles. The zero-order chi connectivity index (χ0) is 40.5. The first-order valence-electron chi connectivity index (χ1n) is 23.7. The van der Waals surface area contributed by atoms with Crippen LogP contribution in [-0.2, 0) is 19.0 Å². The molecule has 0 aromatic rings. The minimum atomic E-state index is -1.44. The molecule has 7 heteroatoms. The number of esters is 1. The topological polar surface area (TPSA) is 105 Å². The smallest absolute Gasteiger partial charge is 0.305 e. The number of aliphatic hydroxyl groups is 3. The number of rotatable bonds is 21. The molecule has 3 N–H and O–H groups in total. The van der Waals surface area contributed by atoms with Gasteiger partial charge in [0.2, 0.25) is 0 Å². The molecule has 322 valence electrons. The van der Waals surface area contributed by atoms with Gasteiger partial charge < -0.3 is 29.5 Å². The van der Waals surface area contributed by atoms with Crippen molar-refractivity contribution in [1.82, 2.24) is 0 Å². The van der Waals surface area contributed by atoms with E-state index >= 15 is 0 Å². The van der Waals surface area contributed by atoms with E-state index in [0.717, 1.165) is 62.7 Å². The number of carbonyl (C=O) groups excluding carboxylic acids is 1. The zero-order valence-corrected chi connectivity index (χ0v) is 36.8. The Bertz CT molecular complexity index is 1260. The number of ether oxygens (including phenoxy) is 3. The lowest BCUT2D eigenvalue weighted by Gasteiger charge is -2.58. The van der Waals surface area contributed by atoms with Gasteiger partial charge in [0, 0.05) is 6.42 Å². The number of fused-ring (bicyclic) bond motifs is 5. The third-order valence-electron chi connectivity index (χ3n) is 16.1. The monoisotopic (exact) mass is 785 g/mol. The molecule has 4 fully saturated rings. The van der Waals surface area contributed by atoms with Crippen molar-refractivity contribution in [3.63, 3.8) is 0 Å². The molecule has 0 aromatic carbocycles. The highest BCUT2D eigenvalue weighted by Gasteiger charge is 2.59. The number of carbonyl (C=O) groups is 1. The van der Waals surface area contributed by atoms with Crippen LogP contribution in [0.3, 0.4) is 0 Å². The summed E-state index contributed by atoms with van der Waals surface area (Å²) in [6.07, 6.45) is 25.3. The Morgan fingerprint density at radius 3 is 2.18 bits per heavy atom. The van der Waals surface area contributed by atoms with E-state index in [9.17, 15) is 20.1 Å². The first kappa shape index (κ1) is 45.8. The normalized spacial score (nSPS) is 38.2. The van der Waals surface area contributed by atoms with Gasteiger partial charge in [0.05, 0.1) is 6.10 Å². The van der Waals surface area contributed by atoms with Gasteiger partial charge >= 0.3 is 5.97 Å². The molecule has 0 spiro atoms. The Hall–Kier alpha value is -1.25. The van der Waals surface area contributed by atoms with Gasteiger partial charge in [-0.15, -0.1) is 0 Å². The molecule has 3 saturated carbocycles. The summed E-state index contributed by atoms with van der Waals surface area (Å²) < 4.78 is 18.0. The molecule has 1 saturated heterocycles. The summed E-state index contributed by atoms with van der Waals surface area (Å²) in [5.41, 5.74) is 2.05. The van der Waals surface area contributed by atoms with Crippen LogP contribution in [0.2, 0.25) is 0 Å². The second kappa shape index (κ2) is 21.3. The van der Waals surface area contributed by atoms with Crippen LogP contribution >= 0.6 is 0 Å². The van der Waals surface area contributed by atoms with Gasteiger partial charge in [-0.3, -0.25) is 4.79 Å². The van der Waals surface area contributed by atoms with Crippen LogP contribution in [0.25, 0.3) is 0 Å². The third kappa shape index (κ3) is 10.9. The molecule has 5 aliphatic rings. The highest BCUT2D eigenvalue weighted by molar-refractivity contribution is 5.69. The maximum absolute atomic E-state index is 12.6. The lowest BCUT2D eigenvalue weighted by molar-refractivity contribution is -0.313. The Kier molecular flexibility index (Phi) is 17.4. The second-order valence-electron chi connectivity index (χ2n) is 20.0. The highest BCUT2D eigenvalue weighted by atomic mass is 16.7. The zero-order valence-electron chi connectivity index (χ0n) is 36.8. The fourth-order valence-corrected chi connectivity index (χ4v) is 12.5. The Labute approximate surface area is 342 Å². The first-order valence-corrected chi connectivity index (χ1v) is 23.7. The molecule has 56 heavy (non-hydrogen) atoms. The molecular weight excluding hydrogens is 701 g/mol. The summed E-state index contributed by atoms with van der Waals surface area (Å²) in [6.45, 7) is 16.7. The van der Waals surface area contributed by atoms with Gasteiger partial charge in [-0.05, 0) is 116 Å². The van der Waals surface area contributed by atoms with Gasteiger partial charge in [-0.2, -0.15) is 0 Å². The lowest BCUT2D eigenvalue weighted by atomic mass is 9.47. The van der Waals surface area contributed by atoms with Crippen LogP contribution in [0.4, 0.5) is 0 Å². The molecular formula is C49H84O7. The van der Waals surface area contributed by atoms with Crippen molar-refractivity contribution in [2.24, 2.45) is 52.3 Å². The summed E-state index contributed by atoms with van der Waals surface area (Å²) >= 11 is 0. The van der Waals surface area contributed by atoms with Gasteiger partial charge in [0.1, 0.15) is 31.0 Å². The predicted octanol–water partition coefficient (Wildman–Crippen LogP) is 10.9. The average Bonchev–Trinajstić information content (AvgIpc) is 3.54. The summed E-state index contributed by atoms with van der Waals surface area (Å²) in [5.74, 6) is 4.62. The van der Waals surface area contributed by atoms with Crippen molar-refractivity contribution in [2.75, 3.05) is 6.61 Å². The Balaban J connectivity index is 1.08. The van der Waals surface area contributed by atoms with Crippen LogP contribution in [-0.4, -0.2) is 64.7 Å². The van der Waals surface area contributed by atoms with Crippen LogP contribution in [0, 0.1) is 52.3 Å². The van der Waals surface area contributed by atoms with Crippen LogP contribution in [0.15, 0.2) is 23.8 Å². The number of allylic oxidation sites excluding steroid dienone is 3. The van der Waals surface area contributed by atoms with Gasteiger partial charge in [-0.25, -0.2) is 0 Å². The Morgan fingerprint density at radius 1 is 0.839 bits per heavy atom. The number of aliphatic hydroxyl groups excluding tert-OH is 3. The maximum atomic E-state index is 12.6. The maximum Gasteiger partial charge on any atom is 0.305 e. The van der Waals surface area contributed by atoms with E-state index in [1.807, 2.05) is 0 Å². The van der Waals surface area contributed by atoms with Crippen molar-refractivity contribution in [2.45, 2.75) is 220 Å². The molecule has 7 nitrogen and oxygen atoms in total. The molecule has 4 aliphatic carbocycles. The summed E-state index contributed by atoms with van der Waals surface area (Å²) in [5, 5.41) is 32.4. The van der Waals surface area contributed by atoms with Crippen molar-refractivity contribution in [1.29, 1.82) is 0 Å². The molecule has 1 aliphatic heterocycles. The lowest BCUT2D eigenvalue weighted by Crippen LogP contribution is -2.60. The largest absolute Gasteiger partial charge is 0.463 e. The van der Waals surface area contributed by atoms with Crippen LogP contribution in [0.1, 0.15) is 183 Å². The van der Waals surface area contributed by atoms with Gasteiger partial charge in [-0.1, -0.05) is 136 Å². The van der Waals surface area contributed by atoms with E-state index in [1.54, 1.807) is 0 Å². The molecule has 0 bridgehead atoms. The van der Waals surface area contributed by atoms with Crippen LogP contribution < -0.4 is 0 Å². The summed E-state index contributed by atoms with van der Waals surface area (Å²) in [6, 6.07) is 0. The third-order valence-corrected chi connectivity index (χ3v) is 16.1. The van der Waals surface area contributed by atoms with Gasteiger partial charge in [0.25, 0.3) is 0 Å². The summed E-state index contributed by atoms with van der Waals surface area (Å²) in [7, 11) is 0. The second-order valence-corrected chi connectivity index (χ2v) is 20.0. The molecule has 0 amide bonds. The fourth-order valence-electron chi connectivity index (χ4n) is 12.5. The molecule has 0 radical (unpaired) electrons. The predicted molar refractivity (Wildman–Crippen MR) is 226 cm³/mol. The fraction of sp³-hybridized carbons (Fsp3) is 0.898. The van der Waals surface area contributed by atoms with E-state index in [4.69, 9.17) is 14.2 Å². The molecule has 1 heterocycles. The van der Waals surface area contributed by atoms with Crippen molar-refractivity contribution in [3.8, 4) is 0 Å². The van der Waals surface area contributed by atoms with E-state index < -0.39 is 30.7 Å². The van der Waals surface area contributed by atoms with Crippen molar-refractivity contribution >= 4 is 5.97 Å². The summed E-state index contributed by atoms with van der Waals surface area (Å²) in [4.78, 5) is 12.6. The number of hydrogen-bond donors (Lipinski definition) is 3. The van der Waals surface area contributed by atoms with Crippen LogP contribution in [0.5, 0.6) is 0 Å². The standard InChI is InChI=1S/C49H84O7/c1-8-10-11-12-13-14-15-16-17-18-19-20-43(50)54-32-42-44(51)45(52)46(53)47(56-42)55-37-27-29-48(6)36(31-37)23-24-38-40-26-25-39(49(40,7)30-28-41(38)48)34(5)21-22-35(9-2)33(3)4/h21-23,33-35,37-42,44-47,51-53H,8-20,24-32H2,1-7H3/b22-21+. The van der Waals surface area contributed by atoms with E-state index in [0.29, 0.717) is 35.5 Å². The number of hydrogen-bond acceptors (Lipinski definition) is 7. The minimum Gasteiger partial charge on any atom is -0.463 e. The van der Waals surface area contributed by atoms with E-state index in [2.05, 4.69) is 66.7 Å². The minimum absolute atomic E-state index is 0.146. The van der Waals surface area contributed by atoms with E-state index in [1.165, 1.54) is 89.0 Å². The Morgan fingerprint density at radius 2 is 1.52 bits per heavy atom. The average molecular weight is 785 g/mol. The molecule has 14 atom stereocenters. The molecule has 14 unspecified atom stereocenters.